The van der Waals surface area contributed by atoms with E-state index in [1.165, 1.54) is 13.2 Å². The second-order valence-corrected chi connectivity index (χ2v) is 7.96. The third-order valence-electron chi connectivity index (χ3n) is 4.90. The zero-order chi connectivity index (χ0) is 21.5. The van der Waals surface area contributed by atoms with Crippen LogP contribution in [0.3, 0.4) is 0 Å². The number of nitrogens with zero attached hydrogens (tertiary/aromatic N) is 2. The molecule has 0 saturated carbocycles. The van der Waals surface area contributed by atoms with Crippen LogP contribution in [0, 0.1) is 0 Å². The highest BCUT2D eigenvalue weighted by Crippen LogP contribution is 2.34. The number of carbonyl (C=O) groups is 4. The fraction of sp³-hybridized carbons (Fsp3) is 0.429. The molecule has 9 heteroatoms. The van der Waals surface area contributed by atoms with E-state index >= 15 is 0 Å². The molecule has 30 heavy (non-hydrogen) atoms. The molecule has 0 atom stereocenters. The molecule has 0 unspecified atom stereocenters. The summed E-state index contributed by atoms with van der Waals surface area (Å²) in [5.74, 6) is -0.856. The van der Waals surface area contributed by atoms with Crippen molar-refractivity contribution >= 4 is 40.9 Å². The Balaban J connectivity index is 1.70. The quantitative estimate of drug-likeness (QED) is 0.504. The second kappa shape index (κ2) is 10.3. The lowest BCUT2D eigenvalue weighted by atomic mass is 10.2. The van der Waals surface area contributed by atoms with Crippen LogP contribution in [0.1, 0.15) is 31.2 Å². The maximum absolute atomic E-state index is 12.8. The van der Waals surface area contributed by atoms with Crippen LogP contribution in [0.5, 0.6) is 5.75 Å². The first kappa shape index (κ1) is 21.9. The number of imide groups is 1. The third-order valence-corrected chi connectivity index (χ3v) is 5.81. The van der Waals surface area contributed by atoms with Gasteiger partial charge in [-0.15, -0.1) is 0 Å². The molecule has 1 aromatic rings. The first-order chi connectivity index (χ1) is 14.5. The van der Waals surface area contributed by atoms with E-state index in [1.54, 1.807) is 29.2 Å². The van der Waals surface area contributed by atoms with E-state index in [-0.39, 0.29) is 24.0 Å². The number of hydrogen-bond donors (Lipinski definition) is 0. The van der Waals surface area contributed by atoms with E-state index in [4.69, 9.17) is 4.74 Å². The van der Waals surface area contributed by atoms with Crippen LogP contribution < -0.4 is 4.74 Å². The van der Waals surface area contributed by atoms with E-state index in [2.05, 4.69) is 4.74 Å². The van der Waals surface area contributed by atoms with Gasteiger partial charge in [0.05, 0.1) is 12.0 Å². The van der Waals surface area contributed by atoms with Gasteiger partial charge in [-0.1, -0.05) is 31.0 Å². The van der Waals surface area contributed by atoms with Gasteiger partial charge in [0.1, 0.15) is 12.3 Å². The topological polar surface area (TPSA) is 93.2 Å². The number of para-hydroxylation sites is 1. The lowest BCUT2D eigenvalue weighted by Gasteiger charge is -2.22. The van der Waals surface area contributed by atoms with Crippen LogP contribution in [-0.4, -0.2) is 66.2 Å². The first-order valence-corrected chi connectivity index (χ1v) is 10.6. The van der Waals surface area contributed by atoms with Gasteiger partial charge in [-0.25, -0.2) is 4.79 Å². The lowest BCUT2D eigenvalue weighted by molar-refractivity contribution is -0.143. The van der Waals surface area contributed by atoms with E-state index in [0.717, 1.165) is 42.3 Å². The smallest absolute Gasteiger partial charge is 0.343 e. The van der Waals surface area contributed by atoms with E-state index in [1.807, 2.05) is 0 Å². The summed E-state index contributed by atoms with van der Waals surface area (Å²) < 4.78 is 10.0. The van der Waals surface area contributed by atoms with Crippen molar-refractivity contribution in [3.63, 3.8) is 0 Å². The second-order valence-electron chi connectivity index (χ2n) is 6.97. The number of amides is 3. The monoisotopic (exact) mass is 432 g/mol. The van der Waals surface area contributed by atoms with E-state index in [0.29, 0.717) is 24.4 Å². The zero-order valence-corrected chi connectivity index (χ0v) is 17.6. The number of likely N-dealkylation sites (tertiary alicyclic amines) is 1. The van der Waals surface area contributed by atoms with Crippen molar-refractivity contribution < 1.29 is 28.7 Å². The Morgan fingerprint density at radius 1 is 1.10 bits per heavy atom. The summed E-state index contributed by atoms with van der Waals surface area (Å²) in [6.07, 6.45) is 5.59. The molecular formula is C21H24N2O6S. The van der Waals surface area contributed by atoms with Crippen molar-refractivity contribution in [1.82, 2.24) is 9.80 Å². The van der Waals surface area contributed by atoms with Crippen molar-refractivity contribution in [2.45, 2.75) is 25.7 Å². The number of esters is 1. The average molecular weight is 432 g/mol. The average Bonchev–Trinajstić information content (AvgIpc) is 2.95. The van der Waals surface area contributed by atoms with Crippen LogP contribution in [0.2, 0.25) is 0 Å². The Morgan fingerprint density at radius 3 is 2.50 bits per heavy atom. The minimum absolute atomic E-state index is 0.206. The number of benzene rings is 1. The van der Waals surface area contributed by atoms with Crippen molar-refractivity contribution in [1.29, 1.82) is 0 Å². The van der Waals surface area contributed by atoms with E-state index < -0.39 is 17.1 Å². The highest BCUT2D eigenvalue weighted by atomic mass is 32.2. The molecule has 2 aliphatic heterocycles. The highest BCUT2D eigenvalue weighted by molar-refractivity contribution is 8.18. The molecule has 8 nitrogen and oxygen atoms in total. The van der Waals surface area contributed by atoms with Crippen molar-refractivity contribution in [2.24, 2.45) is 0 Å². The standard InChI is InChI=1S/C21H24N2O6S/c1-28-19(25)14-29-16-9-5-4-8-15(16)12-17-20(26)23(21(27)30-17)13-18(24)22-10-6-2-3-7-11-22/h4-5,8-9,12H,2-3,6-7,10-11,13-14H2,1H3/b17-12-. The third kappa shape index (κ3) is 5.41. The number of carbonyl (C=O) groups excluding carboxylic acids is 4. The van der Waals surface area contributed by atoms with Gasteiger partial charge in [-0.2, -0.15) is 0 Å². The van der Waals surface area contributed by atoms with Gasteiger partial charge in [0.2, 0.25) is 5.91 Å². The molecule has 0 radical (unpaired) electrons. The predicted octanol–water partition coefficient (Wildman–Crippen LogP) is 2.68. The molecule has 3 amide bonds. The molecule has 2 aliphatic rings. The molecule has 3 rings (SSSR count). The molecule has 2 heterocycles. The van der Waals surface area contributed by atoms with Crippen molar-refractivity contribution in [3.8, 4) is 5.75 Å². The molecule has 0 aromatic heterocycles. The number of rotatable bonds is 6. The van der Waals surface area contributed by atoms with Gasteiger partial charge in [0.15, 0.2) is 6.61 Å². The Labute approximate surface area is 179 Å². The minimum atomic E-state index is -0.530. The number of thioether (sulfide) groups is 1. The van der Waals surface area contributed by atoms with Gasteiger partial charge in [0.25, 0.3) is 11.1 Å². The summed E-state index contributed by atoms with van der Waals surface area (Å²) in [6, 6.07) is 6.85. The fourth-order valence-electron chi connectivity index (χ4n) is 3.26. The Bertz CT molecular complexity index is 861. The normalized spacial score (nSPS) is 18.5. The van der Waals surface area contributed by atoms with Gasteiger partial charge in [-0.05, 0) is 36.7 Å². The summed E-state index contributed by atoms with van der Waals surface area (Å²) in [7, 11) is 1.26. The molecule has 2 fully saturated rings. The van der Waals surface area contributed by atoms with Gasteiger partial charge >= 0.3 is 5.97 Å². The molecule has 0 aliphatic carbocycles. The molecule has 2 saturated heterocycles. The maximum atomic E-state index is 12.8. The Hall–Kier alpha value is -2.81. The number of ether oxygens (including phenoxy) is 2. The lowest BCUT2D eigenvalue weighted by Crippen LogP contribution is -2.42. The van der Waals surface area contributed by atoms with Gasteiger partial charge < -0.3 is 14.4 Å². The predicted molar refractivity (Wildman–Crippen MR) is 112 cm³/mol. The van der Waals surface area contributed by atoms with Crippen LogP contribution in [0.15, 0.2) is 29.2 Å². The van der Waals surface area contributed by atoms with Crippen LogP contribution in [0.25, 0.3) is 6.08 Å². The van der Waals surface area contributed by atoms with Crippen LogP contribution in [0.4, 0.5) is 4.79 Å². The minimum Gasteiger partial charge on any atom is -0.481 e. The van der Waals surface area contributed by atoms with Gasteiger partial charge in [-0.3, -0.25) is 19.3 Å². The molecular weight excluding hydrogens is 408 g/mol. The number of hydrogen-bond acceptors (Lipinski definition) is 7. The van der Waals surface area contributed by atoms with Crippen molar-refractivity contribution in [3.05, 3.63) is 34.7 Å². The zero-order valence-electron chi connectivity index (χ0n) is 16.8. The summed E-state index contributed by atoms with van der Waals surface area (Å²) in [5.41, 5.74) is 0.547. The van der Waals surface area contributed by atoms with E-state index in [9.17, 15) is 19.2 Å². The summed E-state index contributed by atoms with van der Waals surface area (Å²) in [5, 5.41) is -0.470. The maximum Gasteiger partial charge on any atom is 0.343 e. The summed E-state index contributed by atoms with van der Waals surface area (Å²) in [6.45, 7) is 0.807. The summed E-state index contributed by atoms with van der Waals surface area (Å²) >= 11 is 0.788. The number of methoxy groups -OCH3 is 1. The molecule has 0 N–H and O–H groups in total. The van der Waals surface area contributed by atoms with Crippen LogP contribution >= 0.6 is 11.8 Å². The largest absolute Gasteiger partial charge is 0.481 e. The van der Waals surface area contributed by atoms with Crippen LogP contribution in [-0.2, 0) is 19.1 Å². The summed E-state index contributed by atoms with van der Waals surface area (Å²) in [4.78, 5) is 52.0. The molecule has 1 aromatic carbocycles. The van der Waals surface area contributed by atoms with Gasteiger partial charge in [0, 0.05) is 18.7 Å². The Morgan fingerprint density at radius 2 is 1.80 bits per heavy atom. The first-order valence-electron chi connectivity index (χ1n) is 9.81. The molecule has 0 spiro atoms. The molecule has 0 bridgehead atoms. The fourth-order valence-corrected chi connectivity index (χ4v) is 4.09. The Kier molecular flexibility index (Phi) is 7.51. The SMILES string of the molecule is COC(=O)COc1ccccc1/C=C1\SC(=O)N(CC(=O)N2CCCCCC2)C1=O. The highest BCUT2D eigenvalue weighted by Gasteiger charge is 2.37. The van der Waals surface area contributed by atoms with Crippen molar-refractivity contribution in [2.75, 3.05) is 33.4 Å². The molecule has 160 valence electrons.